The molecule has 0 aromatic carbocycles. The Kier molecular flexibility index (Phi) is 12.9. The molecule has 2 N–H and O–H groups in total. The molecule has 98 valence electrons. The summed E-state index contributed by atoms with van der Waals surface area (Å²) in [5, 5.41) is 0. The summed E-state index contributed by atoms with van der Waals surface area (Å²) in [7, 11) is 0. The largest absolute Gasteiger partial charge is 0.381 e. The van der Waals surface area contributed by atoms with E-state index in [0.717, 1.165) is 32.1 Å². The molecule has 2 heteroatoms. The highest BCUT2D eigenvalue weighted by atomic mass is 16.5. The molecule has 0 saturated heterocycles. The molecule has 0 rings (SSSR count). The fraction of sp³-hybridized carbons (Fsp3) is 1.00. The van der Waals surface area contributed by atoms with Crippen LogP contribution in [0.3, 0.4) is 0 Å². The molecular formula is C14H31NO. The molecule has 16 heavy (non-hydrogen) atoms. The quantitative estimate of drug-likeness (QED) is 0.517. The zero-order valence-electron chi connectivity index (χ0n) is 11.3. The summed E-state index contributed by atoms with van der Waals surface area (Å²) in [6.07, 6.45) is 10.5. The van der Waals surface area contributed by atoms with E-state index >= 15 is 0 Å². The summed E-state index contributed by atoms with van der Waals surface area (Å²) < 4.78 is 5.45. The molecule has 0 bridgehead atoms. The van der Waals surface area contributed by atoms with E-state index < -0.39 is 0 Å². The zero-order valence-corrected chi connectivity index (χ0v) is 11.3. The van der Waals surface area contributed by atoms with Gasteiger partial charge in [0.15, 0.2) is 0 Å². The first kappa shape index (κ1) is 15.9. The average Bonchev–Trinajstić information content (AvgIpc) is 2.25. The Morgan fingerprint density at radius 1 is 0.812 bits per heavy atom. The highest BCUT2D eigenvalue weighted by Gasteiger charge is 1.95. The smallest absolute Gasteiger partial charge is 0.0478 e. The minimum Gasteiger partial charge on any atom is -0.381 e. The third-order valence-corrected chi connectivity index (χ3v) is 2.81. The lowest BCUT2D eigenvalue weighted by atomic mass is 10.0. The summed E-state index contributed by atoms with van der Waals surface area (Å²) in [4.78, 5) is 0. The van der Waals surface area contributed by atoms with Gasteiger partial charge in [0, 0.05) is 13.2 Å². The predicted molar refractivity (Wildman–Crippen MR) is 71.6 cm³/mol. The van der Waals surface area contributed by atoms with Crippen molar-refractivity contribution >= 4 is 0 Å². The first-order valence-electron chi connectivity index (χ1n) is 7.05. The van der Waals surface area contributed by atoms with Crippen molar-refractivity contribution in [1.82, 2.24) is 0 Å². The van der Waals surface area contributed by atoms with Crippen molar-refractivity contribution in [1.29, 1.82) is 0 Å². The number of rotatable bonds is 12. The van der Waals surface area contributed by atoms with E-state index in [4.69, 9.17) is 10.5 Å². The zero-order chi connectivity index (χ0) is 12.1. The second-order valence-corrected chi connectivity index (χ2v) is 5.06. The van der Waals surface area contributed by atoms with Crippen LogP contribution in [-0.4, -0.2) is 19.8 Å². The third-order valence-electron chi connectivity index (χ3n) is 2.81. The number of hydrogen-bond donors (Lipinski definition) is 1. The number of nitrogens with two attached hydrogens (primary N) is 1. The molecule has 0 radical (unpaired) electrons. The molecule has 0 aromatic heterocycles. The summed E-state index contributed by atoms with van der Waals surface area (Å²) >= 11 is 0. The van der Waals surface area contributed by atoms with E-state index in [0.29, 0.717) is 0 Å². The van der Waals surface area contributed by atoms with E-state index in [-0.39, 0.29) is 0 Å². The minimum absolute atomic E-state index is 0.746. The summed E-state index contributed by atoms with van der Waals surface area (Å²) in [6, 6.07) is 0. The topological polar surface area (TPSA) is 35.2 Å². The molecule has 0 atom stereocenters. The Labute approximate surface area is 102 Å². The number of hydrogen-bond acceptors (Lipinski definition) is 2. The van der Waals surface area contributed by atoms with Gasteiger partial charge in [-0.25, -0.2) is 0 Å². The molecule has 0 spiro atoms. The Hall–Kier alpha value is -0.0800. The summed E-state index contributed by atoms with van der Waals surface area (Å²) in [5.74, 6) is 0.871. The van der Waals surface area contributed by atoms with Crippen LogP contribution in [0.5, 0.6) is 0 Å². The maximum Gasteiger partial charge on any atom is 0.0478 e. The van der Waals surface area contributed by atoms with Gasteiger partial charge in [-0.2, -0.15) is 0 Å². The SMILES string of the molecule is CC(C)CCCCCCCCOCCCN. The van der Waals surface area contributed by atoms with E-state index in [1.165, 1.54) is 44.9 Å². The van der Waals surface area contributed by atoms with Gasteiger partial charge in [0.1, 0.15) is 0 Å². The van der Waals surface area contributed by atoms with Gasteiger partial charge in [0.2, 0.25) is 0 Å². The Bertz CT molecular complexity index is 126. The van der Waals surface area contributed by atoms with Crippen LogP contribution in [0, 0.1) is 5.92 Å². The van der Waals surface area contributed by atoms with Gasteiger partial charge < -0.3 is 10.5 Å². The van der Waals surface area contributed by atoms with Gasteiger partial charge >= 0.3 is 0 Å². The standard InChI is InChI=1S/C14H31NO/c1-14(2)10-7-5-3-4-6-8-12-16-13-9-11-15/h14H,3-13,15H2,1-2H3. The first-order valence-corrected chi connectivity index (χ1v) is 7.05. The van der Waals surface area contributed by atoms with Crippen molar-refractivity contribution in [2.75, 3.05) is 19.8 Å². The van der Waals surface area contributed by atoms with Gasteiger partial charge in [-0.05, 0) is 25.3 Å². The normalized spacial score (nSPS) is 11.2. The molecule has 0 fully saturated rings. The van der Waals surface area contributed by atoms with Gasteiger partial charge in [-0.1, -0.05) is 52.4 Å². The predicted octanol–water partition coefficient (Wildman–Crippen LogP) is 3.74. The van der Waals surface area contributed by atoms with E-state index in [1.807, 2.05) is 0 Å². The minimum atomic E-state index is 0.746. The van der Waals surface area contributed by atoms with E-state index in [2.05, 4.69) is 13.8 Å². The maximum absolute atomic E-state index is 5.45. The van der Waals surface area contributed by atoms with Crippen LogP contribution in [0.25, 0.3) is 0 Å². The van der Waals surface area contributed by atoms with Crippen LogP contribution in [-0.2, 0) is 4.74 Å². The molecule has 0 unspecified atom stereocenters. The van der Waals surface area contributed by atoms with Crippen LogP contribution >= 0.6 is 0 Å². The molecule has 0 aromatic rings. The monoisotopic (exact) mass is 229 g/mol. The molecule has 0 heterocycles. The number of unbranched alkanes of at least 4 members (excludes halogenated alkanes) is 5. The van der Waals surface area contributed by atoms with Crippen molar-refractivity contribution < 1.29 is 4.74 Å². The van der Waals surface area contributed by atoms with Gasteiger partial charge in [0.05, 0.1) is 0 Å². The second kappa shape index (κ2) is 13.0. The maximum atomic E-state index is 5.45. The molecule has 0 aliphatic carbocycles. The molecule has 0 aliphatic rings. The Morgan fingerprint density at radius 2 is 1.38 bits per heavy atom. The average molecular weight is 229 g/mol. The lowest BCUT2D eigenvalue weighted by Crippen LogP contribution is -2.04. The van der Waals surface area contributed by atoms with Gasteiger partial charge in [-0.15, -0.1) is 0 Å². The van der Waals surface area contributed by atoms with Gasteiger partial charge in [0.25, 0.3) is 0 Å². The first-order chi connectivity index (χ1) is 7.77. The Balaban J connectivity index is 2.88. The summed E-state index contributed by atoms with van der Waals surface area (Å²) in [5.41, 5.74) is 5.38. The van der Waals surface area contributed by atoms with Crippen molar-refractivity contribution in [2.45, 2.75) is 65.2 Å². The lowest BCUT2D eigenvalue weighted by Gasteiger charge is -2.05. The molecule has 0 amide bonds. The second-order valence-electron chi connectivity index (χ2n) is 5.06. The summed E-state index contributed by atoms with van der Waals surface area (Å²) in [6.45, 7) is 7.12. The lowest BCUT2D eigenvalue weighted by molar-refractivity contribution is 0.129. The van der Waals surface area contributed by atoms with E-state index in [9.17, 15) is 0 Å². The van der Waals surface area contributed by atoms with Crippen molar-refractivity contribution in [2.24, 2.45) is 11.7 Å². The van der Waals surface area contributed by atoms with Crippen molar-refractivity contribution in [3.05, 3.63) is 0 Å². The fourth-order valence-corrected chi connectivity index (χ4v) is 1.75. The van der Waals surface area contributed by atoms with Crippen LogP contribution in [0.15, 0.2) is 0 Å². The van der Waals surface area contributed by atoms with E-state index in [1.54, 1.807) is 0 Å². The van der Waals surface area contributed by atoms with Crippen molar-refractivity contribution in [3.63, 3.8) is 0 Å². The highest BCUT2D eigenvalue weighted by molar-refractivity contribution is 4.49. The third kappa shape index (κ3) is 13.9. The molecule has 0 saturated carbocycles. The number of ether oxygens (including phenoxy) is 1. The molecule has 0 aliphatic heterocycles. The highest BCUT2D eigenvalue weighted by Crippen LogP contribution is 2.11. The molecular weight excluding hydrogens is 198 g/mol. The van der Waals surface area contributed by atoms with Crippen LogP contribution in [0.1, 0.15) is 65.2 Å². The van der Waals surface area contributed by atoms with Crippen LogP contribution < -0.4 is 5.73 Å². The molecule has 2 nitrogen and oxygen atoms in total. The van der Waals surface area contributed by atoms with Crippen LogP contribution in [0.2, 0.25) is 0 Å². The van der Waals surface area contributed by atoms with Crippen molar-refractivity contribution in [3.8, 4) is 0 Å². The van der Waals surface area contributed by atoms with Gasteiger partial charge in [-0.3, -0.25) is 0 Å². The Morgan fingerprint density at radius 3 is 2.00 bits per heavy atom. The fourth-order valence-electron chi connectivity index (χ4n) is 1.75. The van der Waals surface area contributed by atoms with Crippen LogP contribution in [0.4, 0.5) is 0 Å².